The topological polar surface area (TPSA) is 43.6 Å². The Morgan fingerprint density at radius 2 is 2.05 bits per heavy atom. The summed E-state index contributed by atoms with van der Waals surface area (Å²) in [6, 6.07) is 7.96. The van der Waals surface area contributed by atoms with Crippen LogP contribution in [0.1, 0.15) is 30.0 Å². The van der Waals surface area contributed by atoms with Crippen LogP contribution in [0.4, 0.5) is 0 Å². The molecule has 0 bridgehead atoms. The van der Waals surface area contributed by atoms with Gasteiger partial charge in [-0.05, 0) is 43.7 Å². The summed E-state index contributed by atoms with van der Waals surface area (Å²) in [7, 11) is 0. The summed E-state index contributed by atoms with van der Waals surface area (Å²) in [5.41, 5.74) is 1.05. The van der Waals surface area contributed by atoms with Gasteiger partial charge in [0, 0.05) is 6.54 Å². The fourth-order valence-electron chi connectivity index (χ4n) is 2.32. The van der Waals surface area contributed by atoms with Crippen LogP contribution in [0.15, 0.2) is 28.7 Å². The van der Waals surface area contributed by atoms with E-state index in [0.717, 1.165) is 17.1 Å². The molecule has 0 radical (unpaired) electrons. The molecule has 1 aromatic heterocycles. The highest BCUT2D eigenvalue weighted by Gasteiger charge is 2.17. The Kier molecular flexibility index (Phi) is 4.08. The smallest absolute Gasteiger partial charge is 0.179 e. The van der Waals surface area contributed by atoms with Gasteiger partial charge < -0.3 is 19.2 Å². The Labute approximate surface area is 129 Å². The van der Waals surface area contributed by atoms with Crippen LogP contribution in [0.5, 0.6) is 11.5 Å². The molecule has 2 aromatic rings. The quantitative estimate of drug-likeness (QED) is 0.931. The average Bonchev–Trinajstić information content (AvgIpc) is 2.91. The lowest BCUT2D eigenvalue weighted by Gasteiger charge is -2.20. The third-order valence-corrected chi connectivity index (χ3v) is 3.74. The average molecular weight is 308 g/mol. The summed E-state index contributed by atoms with van der Waals surface area (Å²) in [6.45, 7) is 5.79. The van der Waals surface area contributed by atoms with E-state index in [-0.39, 0.29) is 6.04 Å². The molecule has 0 aliphatic carbocycles. The maximum absolute atomic E-state index is 6.23. The van der Waals surface area contributed by atoms with Crippen LogP contribution < -0.4 is 14.8 Å². The first-order valence-corrected chi connectivity index (χ1v) is 7.39. The van der Waals surface area contributed by atoms with E-state index in [2.05, 4.69) is 12.2 Å². The van der Waals surface area contributed by atoms with E-state index in [9.17, 15) is 0 Å². The molecule has 0 spiro atoms. The maximum Gasteiger partial charge on any atom is 0.179 e. The lowest BCUT2D eigenvalue weighted by atomic mass is 10.1. The minimum absolute atomic E-state index is 0.130. The molecule has 1 aliphatic heterocycles. The molecule has 3 rings (SSSR count). The number of aryl methyl sites for hydroxylation is 1. The van der Waals surface area contributed by atoms with Crippen LogP contribution >= 0.6 is 11.6 Å². The van der Waals surface area contributed by atoms with E-state index in [0.29, 0.717) is 36.3 Å². The standard InChI is InChI=1S/C16H18ClNO3/c1-10-3-4-14(21-10)11(2)18-9-12-7-13(17)16-15(8-12)19-5-6-20-16/h3-4,7-8,11,18H,5-6,9H2,1-2H3. The highest BCUT2D eigenvalue weighted by atomic mass is 35.5. The van der Waals surface area contributed by atoms with Gasteiger partial charge in [0.2, 0.25) is 0 Å². The van der Waals surface area contributed by atoms with Gasteiger partial charge in [-0.3, -0.25) is 0 Å². The first-order chi connectivity index (χ1) is 10.1. The molecule has 1 N–H and O–H groups in total. The summed E-state index contributed by atoms with van der Waals surface area (Å²) < 4.78 is 16.7. The highest BCUT2D eigenvalue weighted by Crippen LogP contribution is 2.38. The Bertz CT molecular complexity index is 638. The van der Waals surface area contributed by atoms with E-state index >= 15 is 0 Å². The van der Waals surface area contributed by atoms with Crippen molar-refractivity contribution in [2.75, 3.05) is 13.2 Å². The molecule has 0 fully saturated rings. The number of furan rings is 1. The van der Waals surface area contributed by atoms with Crippen LogP contribution in [0.25, 0.3) is 0 Å². The van der Waals surface area contributed by atoms with Crippen LogP contribution in [0.2, 0.25) is 5.02 Å². The third-order valence-electron chi connectivity index (χ3n) is 3.46. The van der Waals surface area contributed by atoms with Crippen molar-refractivity contribution in [2.24, 2.45) is 0 Å². The van der Waals surface area contributed by atoms with Crippen molar-refractivity contribution in [2.45, 2.75) is 26.4 Å². The molecular weight excluding hydrogens is 290 g/mol. The second-order valence-corrected chi connectivity index (χ2v) is 5.56. The molecule has 112 valence electrons. The molecule has 4 nitrogen and oxygen atoms in total. The minimum Gasteiger partial charge on any atom is -0.486 e. The van der Waals surface area contributed by atoms with Gasteiger partial charge in [-0.1, -0.05) is 11.6 Å². The molecule has 1 atom stereocenters. The van der Waals surface area contributed by atoms with Crippen molar-refractivity contribution in [3.05, 3.63) is 46.4 Å². The molecule has 1 unspecified atom stereocenters. The number of benzene rings is 1. The number of fused-ring (bicyclic) bond motifs is 1. The SMILES string of the molecule is Cc1ccc(C(C)NCc2cc(Cl)c3c(c2)OCCO3)o1. The largest absolute Gasteiger partial charge is 0.486 e. The summed E-state index contributed by atoms with van der Waals surface area (Å²) in [5.74, 6) is 3.20. The molecule has 0 amide bonds. The van der Waals surface area contributed by atoms with Gasteiger partial charge >= 0.3 is 0 Å². The zero-order valence-electron chi connectivity index (χ0n) is 12.1. The van der Waals surface area contributed by atoms with Crippen molar-refractivity contribution in [1.29, 1.82) is 0 Å². The highest BCUT2D eigenvalue weighted by molar-refractivity contribution is 6.32. The minimum atomic E-state index is 0.130. The number of hydrogen-bond acceptors (Lipinski definition) is 4. The molecule has 1 aromatic carbocycles. The van der Waals surface area contributed by atoms with Gasteiger partial charge in [0.05, 0.1) is 11.1 Å². The van der Waals surface area contributed by atoms with Crippen molar-refractivity contribution in [1.82, 2.24) is 5.32 Å². The molecular formula is C16H18ClNO3. The first kappa shape index (κ1) is 14.3. The van der Waals surface area contributed by atoms with Gasteiger partial charge in [-0.15, -0.1) is 0 Å². The van der Waals surface area contributed by atoms with E-state index in [1.165, 1.54) is 0 Å². The van der Waals surface area contributed by atoms with Gasteiger partial charge in [0.15, 0.2) is 11.5 Å². The molecule has 5 heteroatoms. The molecule has 0 saturated carbocycles. The first-order valence-electron chi connectivity index (χ1n) is 7.01. The zero-order chi connectivity index (χ0) is 14.8. The fourth-order valence-corrected chi connectivity index (χ4v) is 2.61. The number of ether oxygens (including phenoxy) is 2. The Morgan fingerprint density at radius 1 is 1.24 bits per heavy atom. The number of rotatable bonds is 4. The normalized spacial score (nSPS) is 15.0. The second kappa shape index (κ2) is 6.00. The number of halogens is 1. The molecule has 0 saturated heterocycles. The fraction of sp³-hybridized carbons (Fsp3) is 0.375. The summed E-state index contributed by atoms with van der Waals surface area (Å²) in [4.78, 5) is 0. The maximum atomic E-state index is 6.23. The van der Waals surface area contributed by atoms with Crippen LogP contribution in [0.3, 0.4) is 0 Å². The summed E-state index contributed by atoms with van der Waals surface area (Å²) >= 11 is 6.23. The number of nitrogens with one attached hydrogen (secondary N) is 1. The van der Waals surface area contributed by atoms with E-state index in [4.69, 9.17) is 25.5 Å². The van der Waals surface area contributed by atoms with Crippen LogP contribution in [0, 0.1) is 6.92 Å². The molecule has 2 heterocycles. The summed E-state index contributed by atoms with van der Waals surface area (Å²) in [5, 5.41) is 4.00. The van der Waals surface area contributed by atoms with Gasteiger partial charge in [0.1, 0.15) is 24.7 Å². The van der Waals surface area contributed by atoms with Crippen molar-refractivity contribution >= 4 is 11.6 Å². The second-order valence-electron chi connectivity index (χ2n) is 5.15. The van der Waals surface area contributed by atoms with Gasteiger partial charge in [-0.25, -0.2) is 0 Å². The van der Waals surface area contributed by atoms with E-state index in [1.54, 1.807) is 0 Å². The van der Waals surface area contributed by atoms with Crippen LogP contribution in [-0.4, -0.2) is 13.2 Å². The Hall–Kier alpha value is -1.65. The molecule has 1 aliphatic rings. The van der Waals surface area contributed by atoms with E-state index < -0.39 is 0 Å². The lowest BCUT2D eigenvalue weighted by molar-refractivity contribution is 0.171. The van der Waals surface area contributed by atoms with Crippen LogP contribution in [-0.2, 0) is 6.54 Å². The molecule has 21 heavy (non-hydrogen) atoms. The van der Waals surface area contributed by atoms with Gasteiger partial charge in [-0.2, -0.15) is 0 Å². The summed E-state index contributed by atoms with van der Waals surface area (Å²) in [6.07, 6.45) is 0. The predicted octanol–water partition coefficient (Wildman–Crippen LogP) is 3.86. The lowest BCUT2D eigenvalue weighted by Crippen LogP contribution is -2.19. The van der Waals surface area contributed by atoms with Crippen molar-refractivity contribution in [3.63, 3.8) is 0 Å². The number of hydrogen-bond donors (Lipinski definition) is 1. The van der Waals surface area contributed by atoms with Gasteiger partial charge in [0.25, 0.3) is 0 Å². The predicted molar refractivity (Wildman–Crippen MR) is 81.1 cm³/mol. The van der Waals surface area contributed by atoms with Crippen molar-refractivity contribution in [3.8, 4) is 11.5 Å². The Balaban J connectivity index is 1.69. The zero-order valence-corrected chi connectivity index (χ0v) is 12.9. The third kappa shape index (κ3) is 3.17. The Morgan fingerprint density at radius 3 is 2.81 bits per heavy atom. The van der Waals surface area contributed by atoms with Crippen molar-refractivity contribution < 1.29 is 13.9 Å². The monoisotopic (exact) mass is 307 g/mol. The van der Waals surface area contributed by atoms with E-state index in [1.807, 2.05) is 31.2 Å².